The van der Waals surface area contributed by atoms with Crippen molar-refractivity contribution in [3.63, 3.8) is 0 Å². The van der Waals surface area contributed by atoms with Crippen molar-refractivity contribution in [2.75, 3.05) is 56.3 Å². The summed E-state index contributed by atoms with van der Waals surface area (Å²) < 4.78 is 53.6. The molecule has 6 aliphatic rings. The highest BCUT2D eigenvalue weighted by atomic mass is 35.5. The number of carbonyl (C=O) groups is 1. The first kappa shape index (κ1) is 39.1. The zero-order valence-electron chi connectivity index (χ0n) is 29.4. The zero-order chi connectivity index (χ0) is 37.0. The lowest BCUT2D eigenvalue weighted by Gasteiger charge is -2.37. The molecule has 0 spiro atoms. The second-order valence-electron chi connectivity index (χ2n) is 14.4. The summed E-state index contributed by atoms with van der Waals surface area (Å²) in [5.41, 5.74) is 11.3. The number of primary sulfonamides is 1. The number of nitrogens with one attached hydrogen (secondary N) is 2. The Bertz CT molecular complexity index is 1860. The highest BCUT2D eigenvalue weighted by Crippen LogP contribution is 2.40. The SMILES string of the molecule is N#COc1c2c(cc3c1CCC3)CCC2.NS(=O)(=O)C1CN(CCCl)C1.O=C(Nc1c2c(cc3c1CCC3)CCC2)NS(=O)(=O)C1CN(CCCl)C1. The van der Waals surface area contributed by atoms with Gasteiger partial charge >= 0.3 is 6.03 Å². The number of nitrogens with zero attached hydrogens (tertiary/aromatic N) is 3. The second-order valence-corrected chi connectivity index (χ2v) is 19.0. The summed E-state index contributed by atoms with van der Waals surface area (Å²) in [6, 6.07) is 3.98. The number of benzene rings is 2. The number of carbonyl (C=O) groups excluding carboxylic acids is 1. The molecule has 2 amide bonds. The van der Waals surface area contributed by atoms with Crippen molar-refractivity contribution in [1.82, 2.24) is 14.5 Å². The molecule has 2 fully saturated rings. The van der Waals surface area contributed by atoms with Crippen LogP contribution in [0.2, 0.25) is 0 Å². The minimum Gasteiger partial charge on any atom is -0.387 e. The van der Waals surface area contributed by atoms with Gasteiger partial charge in [0.1, 0.15) is 16.2 Å². The van der Waals surface area contributed by atoms with E-state index in [1.165, 1.54) is 57.3 Å². The maximum atomic E-state index is 12.4. The van der Waals surface area contributed by atoms with E-state index < -0.39 is 31.3 Å². The van der Waals surface area contributed by atoms with Gasteiger partial charge in [-0.2, -0.15) is 0 Å². The third kappa shape index (κ3) is 8.83. The molecule has 2 saturated heterocycles. The number of amides is 2. The third-order valence-electron chi connectivity index (χ3n) is 11.1. The number of hydrogen-bond donors (Lipinski definition) is 3. The average Bonchev–Trinajstić information content (AvgIpc) is 3.87. The van der Waals surface area contributed by atoms with Crippen LogP contribution in [0.1, 0.15) is 70.2 Å². The number of fused-ring (bicyclic) bond motifs is 4. The number of urea groups is 1. The van der Waals surface area contributed by atoms with E-state index in [0.29, 0.717) is 44.5 Å². The van der Waals surface area contributed by atoms with Crippen LogP contribution in [0.4, 0.5) is 10.5 Å². The Kier molecular flexibility index (Phi) is 12.6. The Morgan fingerprint density at radius 1 is 0.750 bits per heavy atom. The van der Waals surface area contributed by atoms with Gasteiger partial charge in [0.25, 0.3) is 6.26 Å². The van der Waals surface area contributed by atoms with Gasteiger partial charge in [0, 0.05) is 56.7 Å². The molecule has 4 aliphatic carbocycles. The molecule has 52 heavy (non-hydrogen) atoms. The van der Waals surface area contributed by atoms with Crippen LogP contribution in [0, 0.1) is 11.5 Å². The minimum atomic E-state index is -3.67. The molecule has 0 radical (unpaired) electrons. The molecule has 4 N–H and O–H groups in total. The van der Waals surface area contributed by atoms with Crippen molar-refractivity contribution >= 4 is 55.0 Å². The lowest BCUT2D eigenvalue weighted by atomic mass is 9.99. The smallest absolute Gasteiger partial charge is 0.332 e. The molecule has 0 atom stereocenters. The number of hydrogen-bond acceptors (Lipinski definition) is 9. The highest BCUT2D eigenvalue weighted by molar-refractivity contribution is 7.90. The van der Waals surface area contributed by atoms with E-state index in [1.54, 1.807) is 0 Å². The van der Waals surface area contributed by atoms with E-state index in [1.807, 2.05) is 16.1 Å². The van der Waals surface area contributed by atoms with E-state index in [2.05, 4.69) is 22.2 Å². The molecule has 2 aliphatic heterocycles. The maximum Gasteiger partial charge on any atom is 0.332 e. The van der Waals surface area contributed by atoms with Crippen LogP contribution in [0.5, 0.6) is 5.75 Å². The largest absolute Gasteiger partial charge is 0.387 e. The lowest BCUT2D eigenvalue weighted by Crippen LogP contribution is -2.58. The number of nitrogens with two attached hydrogens (primary N) is 1. The van der Waals surface area contributed by atoms with Gasteiger partial charge < -0.3 is 10.1 Å². The summed E-state index contributed by atoms with van der Waals surface area (Å²) in [5.74, 6) is 1.92. The summed E-state index contributed by atoms with van der Waals surface area (Å²) in [5, 5.41) is 15.6. The molecule has 2 heterocycles. The van der Waals surface area contributed by atoms with Gasteiger partial charge in [0.2, 0.25) is 20.0 Å². The fourth-order valence-corrected chi connectivity index (χ4v) is 10.9. The molecule has 2 aromatic rings. The van der Waals surface area contributed by atoms with Crippen molar-refractivity contribution in [3.05, 3.63) is 56.6 Å². The van der Waals surface area contributed by atoms with Gasteiger partial charge in [-0.05, 0) is 122 Å². The van der Waals surface area contributed by atoms with Crippen LogP contribution in [-0.4, -0.2) is 94.2 Å². The third-order valence-corrected chi connectivity index (χ3v) is 14.3. The van der Waals surface area contributed by atoms with Crippen molar-refractivity contribution in [2.45, 2.75) is 87.5 Å². The Balaban J connectivity index is 0.000000150. The van der Waals surface area contributed by atoms with Crippen LogP contribution in [-0.2, 0) is 71.4 Å². The predicted molar refractivity (Wildman–Crippen MR) is 203 cm³/mol. The molecule has 12 nitrogen and oxygen atoms in total. The summed E-state index contributed by atoms with van der Waals surface area (Å²) >= 11 is 11.1. The molecule has 0 saturated carbocycles. The Labute approximate surface area is 317 Å². The van der Waals surface area contributed by atoms with Gasteiger partial charge in [-0.15, -0.1) is 28.5 Å². The number of sulfonamides is 2. The standard InChI is InChI=1S/C18H24ClN3O3S.C13H13NO.C5H11ClN2O2S/c19-7-8-22-10-14(11-22)26(24,25)21-18(23)20-17-15-5-1-3-12(15)9-13-4-2-6-16(13)17;14-8-15-13-11-5-1-3-9(11)7-10-4-2-6-12(10)13;6-1-2-8-3-5(4-8)11(7,9)10/h9,14H,1-8,10-11H2,(H2,20,21,23);7H,1-6H2;5H,1-4H2,(H2,7,9,10). The first-order valence-electron chi connectivity index (χ1n) is 18.2. The van der Waals surface area contributed by atoms with Crippen LogP contribution in [0.15, 0.2) is 12.1 Å². The number of alkyl halides is 2. The van der Waals surface area contributed by atoms with E-state index in [-0.39, 0.29) is 5.25 Å². The number of halogens is 2. The van der Waals surface area contributed by atoms with E-state index in [9.17, 15) is 21.6 Å². The molecular formula is C36H48Cl2N6O6S2. The molecule has 16 heteroatoms. The number of ether oxygens (including phenoxy) is 1. The Hall–Kier alpha value is -2.64. The fourth-order valence-electron chi connectivity index (χ4n) is 8.30. The summed E-state index contributed by atoms with van der Waals surface area (Å²) in [6.07, 6.45) is 14.9. The number of aryl methyl sites for hydroxylation is 4. The van der Waals surface area contributed by atoms with E-state index >= 15 is 0 Å². The average molecular weight is 796 g/mol. The number of likely N-dealkylation sites (tertiary alicyclic amines) is 2. The van der Waals surface area contributed by atoms with Crippen molar-refractivity contribution in [3.8, 4) is 12.0 Å². The topological polar surface area (TPSA) is 175 Å². The normalized spacial score (nSPS) is 19.3. The molecular weight excluding hydrogens is 747 g/mol. The monoisotopic (exact) mass is 794 g/mol. The first-order valence-corrected chi connectivity index (χ1v) is 22.4. The Morgan fingerprint density at radius 3 is 1.60 bits per heavy atom. The van der Waals surface area contributed by atoms with Crippen LogP contribution in [0.3, 0.4) is 0 Å². The van der Waals surface area contributed by atoms with Crippen molar-refractivity contribution in [1.29, 1.82) is 5.26 Å². The van der Waals surface area contributed by atoms with Gasteiger partial charge in [0.15, 0.2) is 0 Å². The van der Waals surface area contributed by atoms with Gasteiger partial charge in [-0.1, -0.05) is 12.1 Å². The number of rotatable bonds is 9. The fraction of sp³-hybridized carbons (Fsp3) is 0.611. The minimum absolute atomic E-state index is 0.370. The molecule has 284 valence electrons. The van der Waals surface area contributed by atoms with Gasteiger partial charge in [-0.3, -0.25) is 9.80 Å². The number of nitriles is 1. The molecule has 0 unspecified atom stereocenters. The summed E-state index contributed by atoms with van der Waals surface area (Å²) in [7, 11) is -6.97. The quantitative estimate of drug-likeness (QED) is 0.252. The van der Waals surface area contributed by atoms with Crippen LogP contribution >= 0.6 is 23.2 Å². The van der Waals surface area contributed by atoms with Crippen molar-refractivity contribution in [2.24, 2.45) is 5.14 Å². The lowest BCUT2D eigenvalue weighted by molar-refractivity contribution is 0.196. The first-order chi connectivity index (χ1) is 24.9. The molecule has 8 rings (SSSR count). The number of anilines is 1. The van der Waals surface area contributed by atoms with Crippen LogP contribution < -0.4 is 19.9 Å². The van der Waals surface area contributed by atoms with Gasteiger partial charge in [-0.25, -0.2) is 31.5 Å². The summed E-state index contributed by atoms with van der Waals surface area (Å²) in [4.78, 5) is 16.4. The molecule has 0 bridgehead atoms. The zero-order valence-corrected chi connectivity index (χ0v) is 32.5. The second kappa shape index (κ2) is 16.8. The van der Waals surface area contributed by atoms with E-state index in [0.717, 1.165) is 82.2 Å². The van der Waals surface area contributed by atoms with Crippen LogP contribution in [0.25, 0.3) is 0 Å². The molecule has 0 aromatic heterocycles. The predicted octanol–water partition coefficient (Wildman–Crippen LogP) is 3.76. The molecule has 2 aromatic carbocycles. The maximum absolute atomic E-state index is 12.4. The van der Waals surface area contributed by atoms with Gasteiger partial charge in [0.05, 0.1) is 0 Å². The van der Waals surface area contributed by atoms with Crippen molar-refractivity contribution < 1.29 is 26.4 Å². The summed E-state index contributed by atoms with van der Waals surface area (Å²) in [6.45, 7) is 3.32. The Morgan fingerprint density at radius 2 is 1.17 bits per heavy atom. The van der Waals surface area contributed by atoms with E-state index in [4.69, 9.17) is 38.3 Å². The highest BCUT2D eigenvalue weighted by Gasteiger charge is 2.38.